The van der Waals surface area contributed by atoms with Crippen LogP contribution in [0.2, 0.25) is 0 Å². The number of fused-ring (bicyclic) bond motifs is 1. The predicted octanol–water partition coefficient (Wildman–Crippen LogP) is 6.51. The van der Waals surface area contributed by atoms with Crippen LogP contribution in [0.4, 0.5) is 11.4 Å². The van der Waals surface area contributed by atoms with Gasteiger partial charge in [0, 0.05) is 28.5 Å². The molecule has 4 aromatic rings. The summed E-state index contributed by atoms with van der Waals surface area (Å²) in [4.78, 5) is 31.1. The number of carbonyl (C=O) groups is 2. The maximum atomic E-state index is 13.8. The van der Waals surface area contributed by atoms with Crippen molar-refractivity contribution in [2.24, 2.45) is 0 Å². The van der Waals surface area contributed by atoms with Gasteiger partial charge in [-0.1, -0.05) is 72.8 Å². The van der Waals surface area contributed by atoms with Crippen LogP contribution in [0.3, 0.4) is 0 Å². The molecule has 0 aromatic heterocycles. The van der Waals surface area contributed by atoms with Crippen molar-refractivity contribution in [2.75, 3.05) is 9.80 Å². The Kier molecular flexibility index (Phi) is 5.96. The Balaban J connectivity index is 1.61. The van der Waals surface area contributed by atoms with Crippen molar-refractivity contribution >= 4 is 23.2 Å². The molecule has 1 aliphatic heterocycles. The van der Waals surface area contributed by atoms with Crippen LogP contribution < -0.4 is 9.80 Å². The zero-order chi connectivity index (χ0) is 23.5. The van der Waals surface area contributed by atoms with E-state index < -0.39 is 0 Å². The molecular weight excluding hydrogens is 420 g/mol. The Hall–Kier alpha value is -4.18. The van der Waals surface area contributed by atoms with E-state index in [0.717, 1.165) is 16.9 Å². The summed E-state index contributed by atoms with van der Waals surface area (Å²) in [5, 5.41) is 0. The molecule has 0 radical (unpaired) electrons. The molecule has 4 aromatic carbocycles. The fourth-order valence-electron chi connectivity index (χ4n) is 4.80. The van der Waals surface area contributed by atoms with Crippen molar-refractivity contribution in [2.45, 2.75) is 25.4 Å². The lowest BCUT2D eigenvalue weighted by Gasteiger charge is -2.43. The van der Waals surface area contributed by atoms with Gasteiger partial charge in [-0.15, -0.1) is 0 Å². The van der Waals surface area contributed by atoms with Crippen LogP contribution in [0.15, 0.2) is 115 Å². The highest BCUT2D eigenvalue weighted by Crippen LogP contribution is 2.43. The second kappa shape index (κ2) is 9.36. The van der Waals surface area contributed by atoms with Crippen molar-refractivity contribution in [1.82, 2.24) is 0 Å². The van der Waals surface area contributed by atoms with Gasteiger partial charge < -0.3 is 9.80 Å². The molecule has 4 heteroatoms. The highest BCUT2D eigenvalue weighted by molar-refractivity contribution is 6.09. The highest BCUT2D eigenvalue weighted by atomic mass is 16.2. The number of benzene rings is 4. The van der Waals surface area contributed by atoms with E-state index in [9.17, 15) is 9.59 Å². The van der Waals surface area contributed by atoms with E-state index in [2.05, 4.69) is 6.92 Å². The van der Waals surface area contributed by atoms with E-state index in [1.54, 1.807) is 0 Å². The van der Waals surface area contributed by atoms with Gasteiger partial charge >= 0.3 is 0 Å². The molecule has 0 saturated heterocycles. The van der Waals surface area contributed by atoms with Gasteiger partial charge in [-0.3, -0.25) is 9.59 Å². The van der Waals surface area contributed by atoms with Gasteiger partial charge in [-0.05, 0) is 61.4 Å². The monoisotopic (exact) mass is 446 g/mol. The van der Waals surface area contributed by atoms with Gasteiger partial charge in [0.05, 0.1) is 6.04 Å². The number of hydrogen-bond acceptors (Lipinski definition) is 2. The van der Waals surface area contributed by atoms with E-state index in [-0.39, 0.29) is 23.9 Å². The predicted molar refractivity (Wildman–Crippen MR) is 136 cm³/mol. The van der Waals surface area contributed by atoms with Crippen LogP contribution in [-0.2, 0) is 0 Å². The SMILES string of the molecule is C[C@H]1C[C@@H](N(C(=O)c2ccccc2)c2ccccc2)c2ccccc2N1C(=O)c1ccccc1. The summed E-state index contributed by atoms with van der Waals surface area (Å²) in [5.74, 6) is -0.0821. The first-order valence-electron chi connectivity index (χ1n) is 11.6. The van der Waals surface area contributed by atoms with E-state index in [1.807, 2.05) is 125 Å². The van der Waals surface area contributed by atoms with Crippen LogP contribution in [0.1, 0.15) is 45.7 Å². The molecule has 5 rings (SSSR count). The average Bonchev–Trinajstić information content (AvgIpc) is 2.90. The van der Waals surface area contributed by atoms with Gasteiger partial charge in [0.25, 0.3) is 11.8 Å². The zero-order valence-corrected chi connectivity index (χ0v) is 19.0. The third kappa shape index (κ3) is 3.99. The number of carbonyl (C=O) groups excluding carboxylic acids is 2. The third-order valence-electron chi connectivity index (χ3n) is 6.39. The lowest BCUT2D eigenvalue weighted by atomic mass is 9.89. The van der Waals surface area contributed by atoms with Crippen LogP contribution in [0.5, 0.6) is 0 Å². The van der Waals surface area contributed by atoms with Gasteiger partial charge in [-0.25, -0.2) is 0 Å². The minimum Gasteiger partial charge on any atom is -0.305 e. The van der Waals surface area contributed by atoms with Crippen molar-refractivity contribution < 1.29 is 9.59 Å². The minimum absolute atomic E-state index is 0.0281. The topological polar surface area (TPSA) is 40.6 Å². The maximum absolute atomic E-state index is 13.8. The summed E-state index contributed by atoms with van der Waals surface area (Å²) in [6.07, 6.45) is 0.628. The smallest absolute Gasteiger partial charge is 0.258 e. The molecule has 168 valence electrons. The molecule has 34 heavy (non-hydrogen) atoms. The molecule has 1 aliphatic rings. The number of anilines is 2. The molecule has 0 N–H and O–H groups in total. The lowest BCUT2D eigenvalue weighted by Crippen LogP contribution is -2.47. The number of hydrogen-bond donors (Lipinski definition) is 0. The Morgan fingerprint density at radius 3 is 1.88 bits per heavy atom. The molecule has 0 unspecified atom stereocenters. The summed E-state index contributed by atoms with van der Waals surface area (Å²) in [6.45, 7) is 2.06. The van der Waals surface area contributed by atoms with Crippen molar-refractivity contribution in [3.63, 3.8) is 0 Å². The molecule has 2 amide bonds. The Morgan fingerprint density at radius 2 is 1.24 bits per heavy atom. The van der Waals surface area contributed by atoms with Gasteiger partial charge in [0.2, 0.25) is 0 Å². The average molecular weight is 447 g/mol. The van der Waals surface area contributed by atoms with Gasteiger partial charge in [0.15, 0.2) is 0 Å². The molecule has 4 nitrogen and oxygen atoms in total. The second-order valence-corrected chi connectivity index (χ2v) is 8.58. The molecule has 0 fully saturated rings. The Bertz CT molecular complexity index is 1290. The van der Waals surface area contributed by atoms with E-state index in [4.69, 9.17) is 0 Å². The van der Waals surface area contributed by atoms with E-state index in [0.29, 0.717) is 17.5 Å². The molecular formula is C30H26N2O2. The number of para-hydroxylation sites is 2. The lowest BCUT2D eigenvalue weighted by molar-refractivity contribution is 0.0965. The number of rotatable bonds is 4. The van der Waals surface area contributed by atoms with E-state index in [1.165, 1.54) is 0 Å². The zero-order valence-electron chi connectivity index (χ0n) is 19.0. The van der Waals surface area contributed by atoms with Crippen molar-refractivity contribution in [1.29, 1.82) is 0 Å². The van der Waals surface area contributed by atoms with E-state index >= 15 is 0 Å². The van der Waals surface area contributed by atoms with Gasteiger partial charge in [-0.2, -0.15) is 0 Å². The largest absolute Gasteiger partial charge is 0.305 e. The molecule has 0 bridgehead atoms. The van der Waals surface area contributed by atoms with Crippen molar-refractivity contribution in [3.8, 4) is 0 Å². The summed E-state index contributed by atoms with van der Waals surface area (Å²) < 4.78 is 0. The summed E-state index contributed by atoms with van der Waals surface area (Å²) >= 11 is 0. The highest BCUT2D eigenvalue weighted by Gasteiger charge is 2.39. The molecule has 0 aliphatic carbocycles. The molecule has 1 heterocycles. The summed E-state index contributed by atoms with van der Waals surface area (Å²) in [7, 11) is 0. The van der Waals surface area contributed by atoms with Crippen LogP contribution >= 0.6 is 0 Å². The number of nitrogens with zero attached hydrogens (tertiary/aromatic N) is 2. The fraction of sp³-hybridized carbons (Fsp3) is 0.133. The summed E-state index contributed by atoms with van der Waals surface area (Å²) in [5.41, 5.74) is 3.95. The maximum Gasteiger partial charge on any atom is 0.258 e. The molecule has 0 saturated carbocycles. The fourth-order valence-corrected chi connectivity index (χ4v) is 4.80. The normalized spacial score (nSPS) is 17.0. The van der Waals surface area contributed by atoms with Crippen LogP contribution in [0, 0.1) is 0 Å². The van der Waals surface area contributed by atoms with Crippen LogP contribution in [0.25, 0.3) is 0 Å². The quantitative estimate of drug-likeness (QED) is 0.358. The van der Waals surface area contributed by atoms with Gasteiger partial charge in [0.1, 0.15) is 0 Å². The second-order valence-electron chi connectivity index (χ2n) is 8.58. The summed E-state index contributed by atoms with van der Waals surface area (Å²) in [6, 6.07) is 36.2. The van der Waals surface area contributed by atoms with Crippen LogP contribution in [-0.4, -0.2) is 17.9 Å². The molecule has 2 atom stereocenters. The third-order valence-corrected chi connectivity index (χ3v) is 6.39. The first-order chi connectivity index (χ1) is 16.6. The standard InChI is InChI=1S/C30H26N2O2/c1-22-21-28(32(25-17-9-4-10-18-25)30(34)24-15-7-3-8-16-24)26-19-11-12-20-27(26)31(22)29(33)23-13-5-2-6-14-23/h2-20,22,28H,21H2,1H3/t22-,28+/m0/s1. The number of amides is 2. The Morgan fingerprint density at radius 1 is 0.706 bits per heavy atom. The molecule has 0 spiro atoms. The Labute approximate surface area is 200 Å². The minimum atomic E-state index is -0.207. The first kappa shape index (κ1) is 21.7. The van der Waals surface area contributed by atoms with Crippen molar-refractivity contribution in [3.05, 3.63) is 132 Å². The first-order valence-corrected chi connectivity index (χ1v) is 11.6.